The minimum absolute atomic E-state index is 0.0376. The molecular formula is C16H19ClN2OS. The summed E-state index contributed by atoms with van der Waals surface area (Å²) in [7, 11) is 0. The summed E-state index contributed by atoms with van der Waals surface area (Å²) in [5.41, 5.74) is 2.84. The van der Waals surface area contributed by atoms with Crippen LogP contribution in [-0.2, 0) is 0 Å². The molecule has 2 aromatic rings. The van der Waals surface area contributed by atoms with E-state index in [9.17, 15) is 4.79 Å². The summed E-state index contributed by atoms with van der Waals surface area (Å²) in [4.78, 5) is 18.7. The minimum atomic E-state index is 0.0376. The molecule has 0 spiro atoms. The van der Waals surface area contributed by atoms with Gasteiger partial charge >= 0.3 is 0 Å². The number of pyridine rings is 1. The normalized spacial score (nSPS) is 15.8. The average molecular weight is 323 g/mol. The first-order valence-corrected chi connectivity index (χ1v) is 8.55. The molecular weight excluding hydrogens is 304 g/mol. The Morgan fingerprint density at radius 1 is 1.24 bits per heavy atom. The lowest BCUT2D eigenvalue weighted by molar-refractivity contribution is 0.0941. The van der Waals surface area contributed by atoms with Crippen LogP contribution in [0.3, 0.4) is 0 Å². The number of rotatable bonds is 2. The van der Waals surface area contributed by atoms with Crippen LogP contribution >= 0.6 is 22.9 Å². The maximum absolute atomic E-state index is 12.5. The third-order valence-corrected chi connectivity index (χ3v) is 6.06. The minimum Gasteiger partial charge on any atom is -0.349 e. The van der Waals surface area contributed by atoms with Crippen LogP contribution in [0.2, 0.25) is 5.02 Å². The second kappa shape index (κ2) is 5.58. The number of fused-ring (bicyclic) bond motifs is 1. The lowest BCUT2D eigenvalue weighted by atomic mass is 10.1. The van der Waals surface area contributed by atoms with Gasteiger partial charge in [-0.3, -0.25) is 4.79 Å². The molecule has 1 fully saturated rings. The fourth-order valence-electron chi connectivity index (χ4n) is 3.14. The van der Waals surface area contributed by atoms with Gasteiger partial charge in [0.15, 0.2) is 0 Å². The van der Waals surface area contributed by atoms with Crippen LogP contribution in [0, 0.1) is 20.8 Å². The van der Waals surface area contributed by atoms with Crippen molar-refractivity contribution < 1.29 is 4.79 Å². The van der Waals surface area contributed by atoms with E-state index < -0.39 is 0 Å². The lowest BCUT2D eigenvalue weighted by Crippen LogP contribution is -2.32. The topological polar surface area (TPSA) is 42.0 Å². The quantitative estimate of drug-likeness (QED) is 0.881. The molecule has 2 heterocycles. The van der Waals surface area contributed by atoms with Crippen LogP contribution < -0.4 is 5.32 Å². The average Bonchev–Trinajstić information content (AvgIpc) is 3.04. The summed E-state index contributed by atoms with van der Waals surface area (Å²) in [5.74, 6) is 0.0376. The highest BCUT2D eigenvalue weighted by Gasteiger charge is 2.23. The van der Waals surface area contributed by atoms with Crippen molar-refractivity contribution >= 4 is 39.1 Å². The Hall–Kier alpha value is -1.13. The Bertz CT molecular complexity index is 717. The zero-order valence-electron chi connectivity index (χ0n) is 12.5. The van der Waals surface area contributed by atoms with Gasteiger partial charge in [-0.05, 0) is 44.7 Å². The molecule has 2 aromatic heterocycles. The van der Waals surface area contributed by atoms with E-state index >= 15 is 0 Å². The predicted molar refractivity (Wildman–Crippen MR) is 88.6 cm³/mol. The lowest BCUT2D eigenvalue weighted by Gasteiger charge is -2.11. The molecule has 1 aliphatic rings. The van der Waals surface area contributed by atoms with Gasteiger partial charge in [-0.15, -0.1) is 11.3 Å². The highest BCUT2D eigenvalue weighted by atomic mass is 35.5. The number of thiophene rings is 1. The summed E-state index contributed by atoms with van der Waals surface area (Å²) in [6.07, 6.45) is 4.62. The van der Waals surface area contributed by atoms with Crippen LogP contribution in [0.1, 0.15) is 52.2 Å². The number of aromatic nitrogens is 1. The molecule has 3 nitrogen and oxygen atoms in total. The second-order valence-corrected chi connectivity index (χ2v) is 7.20. The van der Waals surface area contributed by atoms with Gasteiger partial charge < -0.3 is 5.32 Å². The Kier molecular flexibility index (Phi) is 3.93. The third-order valence-electron chi connectivity index (χ3n) is 4.32. The predicted octanol–water partition coefficient (Wildman–Crippen LogP) is 4.55. The van der Waals surface area contributed by atoms with E-state index in [1.807, 2.05) is 20.8 Å². The Labute approximate surface area is 133 Å². The number of amides is 1. The summed E-state index contributed by atoms with van der Waals surface area (Å²) < 4.78 is 0. The van der Waals surface area contributed by atoms with E-state index in [0.717, 1.165) is 44.8 Å². The molecule has 0 unspecified atom stereocenters. The molecule has 5 heteroatoms. The number of nitrogens with zero attached hydrogens (tertiary/aromatic N) is 1. The summed E-state index contributed by atoms with van der Waals surface area (Å²) in [6, 6.07) is 0.335. The third kappa shape index (κ3) is 2.55. The number of halogens is 1. The number of hydrogen-bond donors (Lipinski definition) is 1. The summed E-state index contributed by atoms with van der Waals surface area (Å²) in [5, 5.41) is 4.89. The van der Waals surface area contributed by atoms with Crippen molar-refractivity contribution in [2.45, 2.75) is 52.5 Å². The fraction of sp³-hybridized carbons (Fsp3) is 0.500. The first-order chi connectivity index (χ1) is 9.99. The standard InChI is InChI=1S/C16H19ClN2OS/c1-8-12-9(2)14(15(20)19-11-6-4-5-7-11)21-16(12)18-10(3)13(8)17/h11H,4-7H2,1-3H3,(H,19,20). The Morgan fingerprint density at radius 3 is 2.57 bits per heavy atom. The Balaban J connectivity index is 2.01. The van der Waals surface area contributed by atoms with Crippen molar-refractivity contribution in [1.29, 1.82) is 0 Å². The van der Waals surface area contributed by atoms with Crippen LogP contribution in [0.15, 0.2) is 0 Å². The van der Waals surface area contributed by atoms with E-state index in [1.165, 1.54) is 24.2 Å². The van der Waals surface area contributed by atoms with Crippen molar-refractivity contribution in [2.75, 3.05) is 0 Å². The molecule has 0 radical (unpaired) electrons. The summed E-state index contributed by atoms with van der Waals surface area (Å²) >= 11 is 7.77. The Morgan fingerprint density at radius 2 is 1.90 bits per heavy atom. The van der Waals surface area contributed by atoms with E-state index in [4.69, 9.17) is 11.6 Å². The molecule has 1 saturated carbocycles. The fourth-order valence-corrected chi connectivity index (χ4v) is 4.47. The zero-order valence-corrected chi connectivity index (χ0v) is 14.1. The first kappa shape index (κ1) is 14.8. The highest BCUT2D eigenvalue weighted by molar-refractivity contribution is 7.20. The number of carbonyl (C=O) groups excluding carboxylic acids is 1. The molecule has 112 valence electrons. The zero-order chi connectivity index (χ0) is 15.1. The maximum Gasteiger partial charge on any atom is 0.261 e. The number of carbonyl (C=O) groups is 1. The van der Waals surface area contributed by atoms with Gasteiger partial charge in [0.1, 0.15) is 4.83 Å². The van der Waals surface area contributed by atoms with Gasteiger partial charge in [0.05, 0.1) is 15.6 Å². The molecule has 0 atom stereocenters. The second-order valence-electron chi connectivity index (χ2n) is 5.83. The van der Waals surface area contributed by atoms with Crippen molar-refractivity contribution in [3.8, 4) is 0 Å². The number of nitrogens with one attached hydrogen (secondary N) is 1. The van der Waals surface area contributed by atoms with Crippen LogP contribution in [0.5, 0.6) is 0 Å². The van der Waals surface area contributed by atoms with Gasteiger partial charge in [0.2, 0.25) is 0 Å². The van der Waals surface area contributed by atoms with Crippen LogP contribution in [0.4, 0.5) is 0 Å². The van der Waals surface area contributed by atoms with Gasteiger partial charge in [-0.25, -0.2) is 4.98 Å². The van der Waals surface area contributed by atoms with E-state index in [2.05, 4.69) is 10.3 Å². The van der Waals surface area contributed by atoms with Crippen LogP contribution in [-0.4, -0.2) is 16.9 Å². The van der Waals surface area contributed by atoms with E-state index in [0.29, 0.717) is 11.1 Å². The smallest absolute Gasteiger partial charge is 0.261 e. The monoisotopic (exact) mass is 322 g/mol. The van der Waals surface area contributed by atoms with E-state index in [1.54, 1.807) is 0 Å². The highest BCUT2D eigenvalue weighted by Crippen LogP contribution is 2.36. The molecule has 21 heavy (non-hydrogen) atoms. The molecule has 0 bridgehead atoms. The molecule has 0 aliphatic heterocycles. The van der Waals surface area contributed by atoms with Gasteiger partial charge in [-0.1, -0.05) is 24.4 Å². The molecule has 0 saturated heterocycles. The van der Waals surface area contributed by atoms with Gasteiger partial charge in [-0.2, -0.15) is 0 Å². The van der Waals surface area contributed by atoms with Crippen LogP contribution in [0.25, 0.3) is 10.2 Å². The maximum atomic E-state index is 12.5. The largest absolute Gasteiger partial charge is 0.349 e. The molecule has 1 aliphatic carbocycles. The number of aryl methyl sites for hydroxylation is 3. The molecule has 3 rings (SSSR count). The van der Waals surface area contributed by atoms with Gasteiger partial charge in [0.25, 0.3) is 5.91 Å². The van der Waals surface area contributed by atoms with Crippen molar-refractivity contribution in [2.24, 2.45) is 0 Å². The van der Waals surface area contributed by atoms with Crippen molar-refractivity contribution in [3.63, 3.8) is 0 Å². The molecule has 1 N–H and O–H groups in total. The van der Waals surface area contributed by atoms with Crippen molar-refractivity contribution in [3.05, 3.63) is 26.7 Å². The van der Waals surface area contributed by atoms with Crippen molar-refractivity contribution in [1.82, 2.24) is 10.3 Å². The molecule has 0 aromatic carbocycles. The van der Waals surface area contributed by atoms with E-state index in [-0.39, 0.29) is 5.91 Å². The molecule has 1 amide bonds. The SMILES string of the molecule is Cc1nc2sc(C(=O)NC3CCCC3)c(C)c2c(C)c1Cl. The first-order valence-electron chi connectivity index (χ1n) is 7.35. The summed E-state index contributed by atoms with van der Waals surface area (Å²) in [6.45, 7) is 5.89. The van der Waals surface area contributed by atoms with Gasteiger partial charge in [0, 0.05) is 11.4 Å². The number of hydrogen-bond acceptors (Lipinski definition) is 3.